The van der Waals surface area contributed by atoms with Gasteiger partial charge in [-0.05, 0) is 113 Å². The number of carbonyl (C=O) groups is 1. The monoisotopic (exact) mass is 375 g/mol. The first-order chi connectivity index (χ1) is 12.5. The Morgan fingerprint density at radius 3 is 2.30 bits per heavy atom. The van der Waals surface area contributed by atoms with E-state index < -0.39 is 0 Å². The lowest BCUT2D eigenvalue weighted by Gasteiger charge is -2.60. The molecule has 0 aromatic rings. The molecule has 4 saturated carbocycles. The predicted octanol–water partition coefficient (Wildman–Crippen LogP) is 4.92. The molecule has 0 unspecified atom stereocenters. The molecular formula is C24H41NO2. The van der Waals surface area contributed by atoms with Crippen molar-refractivity contribution < 1.29 is 9.90 Å². The van der Waals surface area contributed by atoms with Crippen molar-refractivity contribution in [1.82, 2.24) is 5.32 Å². The van der Waals surface area contributed by atoms with E-state index in [4.69, 9.17) is 0 Å². The molecule has 3 nitrogen and oxygen atoms in total. The summed E-state index contributed by atoms with van der Waals surface area (Å²) in [5.74, 6) is 3.54. The van der Waals surface area contributed by atoms with Gasteiger partial charge in [0.05, 0.1) is 6.10 Å². The maximum Gasteiger partial charge on any atom is 0.224 e. The average Bonchev–Trinajstić information content (AvgIpc) is 2.91. The number of hydrogen-bond donors (Lipinski definition) is 2. The number of fused-ring (bicyclic) bond motifs is 5. The van der Waals surface area contributed by atoms with Gasteiger partial charge >= 0.3 is 0 Å². The maximum atomic E-state index is 13.1. The highest BCUT2D eigenvalue weighted by Crippen LogP contribution is 2.67. The smallest absolute Gasteiger partial charge is 0.224 e. The molecule has 4 aliphatic rings. The quantitative estimate of drug-likeness (QED) is 0.683. The highest BCUT2D eigenvalue weighted by Gasteiger charge is 2.61. The summed E-state index contributed by atoms with van der Waals surface area (Å²) >= 11 is 0. The summed E-state index contributed by atoms with van der Waals surface area (Å²) in [7, 11) is 0. The summed E-state index contributed by atoms with van der Waals surface area (Å²) in [6, 6.07) is 0. The van der Waals surface area contributed by atoms with Crippen LogP contribution in [0.4, 0.5) is 0 Å². The normalized spacial score (nSPS) is 49.7. The van der Waals surface area contributed by atoms with Crippen LogP contribution >= 0.6 is 0 Å². The predicted molar refractivity (Wildman–Crippen MR) is 109 cm³/mol. The van der Waals surface area contributed by atoms with Crippen molar-refractivity contribution in [3.63, 3.8) is 0 Å². The van der Waals surface area contributed by atoms with E-state index >= 15 is 0 Å². The first-order valence-electron chi connectivity index (χ1n) is 11.5. The van der Waals surface area contributed by atoms with Crippen molar-refractivity contribution in [2.45, 2.75) is 104 Å². The molecule has 0 aromatic carbocycles. The Hall–Kier alpha value is -0.570. The van der Waals surface area contributed by atoms with Gasteiger partial charge in [0.15, 0.2) is 0 Å². The fourth-order valence-electron chi connectivity index (χ4n) is 8.12. The van der Waals surface area contributed by atoms with Crippen LogP contribution in [0.5, 0.6) is 0 Å². The first-order valence-corrected chi connectivity index (χ1v) is 11.5. The number of hydrogen-bond acceptors (Lipinski definition) is 2. The largest absolute Gasteiger partial charge is 0.393 e. The number of rotatable bonds is 1. The summed E-state index contributed by atoms with van der Waals surface area (Å²) in [5, 5.41) is 13.5. The Morgan fingerprint density at radius 2 is 1.59 bits per heavy atom. The molecule has 0 aromatic heterocycles. The lowest BCUT2D eigenvalue weighted by Crippen LogP contribution is -2.55. The molecule has 0 bridgehead atoms. The van der Waals surface area contributed by atoms with E-state index in [-0.39, 0.29) is 23.0 Å². The highest BCUT2D eigenvalue weighted by atomic mass is 16.3. The molecule has 2 N–H and O–H groups in total. The molecule has 0 aliphatic heterocycles. The number of nitrogens with one attached hydrogen (secondary N) is 1. The van der Waals surface area contributed by atoms with Gasteiger partial charge < -0.3 is 10.4 Å². The number of amides is 1. The van der Waals surface area contributed by atoms with E-state index in [2.05, 4.69) is 39.9 Å². The van der Waals surface area contributed by atoms with Gasteiger partial charge in [-0.3, -0.25) is 4.79 Å². The molecule has 4 fully saturated rings. The summed E-state index contributed by atoms with van der Waals surface area (Å²) in [6.45, 7) is 11.3. The van der Waals surface area contributed by atoms with Crippen molar-refractivity contribution in [2.75, 3.05) is 0 Å². The zero-order valence-corrected chi connectivity index (χ0v) is 18.2. The minimum absolute atomic E-state index is 0.0644. The molecule has 0 heterocycles. The maximum absolute atomic E-state index is 13.1. The minimum atomic E-state index is -0.142. The van der Waals surface area contributed by atoms with Crippen molar-refractivity contribution in [3.8, 4) is 0 Å². The van der Waals surface area contributed by atoms with Gasteiger partial charge in [-0.25, -0.2) is 0 Å². The van der Waals surface area contributed by atoms with Crippen LogP contribution in [0.1, 0.15) is 92.4 Å². The number of aliphatic hydroxyl groups excluding tert-OH is 1. The topological polar surface area (TPSA) is 49.3 Å². The standard InChI is InChI=1S/C24H41NO2/c1-22(2,3)25-21(27)20-9-8-18-17-7-6-15-14-16(26)10-12-23(15,4)19(17)11-13-24(18,20)5/h15-20,26H,6-14H2,1-5H3,(H,25,27)/t15-,16-,17-,18-,19-,20+,23-,24-/m0/s1. The third-order valence-electron chi connectivity index (χ3n) is 9.45. The molecule has 154 valence electrons. The second-order valence-corrected chi connectivity index (χ2v) is 12.0. The van der Waals surface area contributed by atoms with Crippen LogP contribution < -0.4 is 5.32 Å². The van der Waals surface area contributed by atoms with Crippen LogP contribution in [0.2, 0.25) is 0 Å². The summed E-state index contributed by atoms with van der Waals surface area (Å²) in [4.78, 5) is 13.1. The Morgan fingerprint density at radius 1 is 0.926 bits per heavy atom. The fraction of sp³-hybridized carbons (Fsp3) is 0.958. The molecule has 1 amide bonds. The SMILES string of the molecule is CC(C)(C)NC(=O)[C@H]1CC[C@H]2[C@@H]3CC[C@H]4C[C@@H](O)CC[C@]4(C)[C@H]3CC[C@]12C. The summed E-state index contributed by atoms with van der Waals surface area (Å²) in [6.07, 6.45) is 10.6. The van der Waals surface area contributed by atoms with Crippen LogP contribution in [-0.4, -0.2) is 22.7 Å². The lowest BCUT2D eigenvalue weighted by molar-refractivity contribution is -0.142. The van der Waals surface area contributed by atoms with E-state index in [0.29, 0.717) is 17.2 Å². The Labute approximate surface area is 166 Å². The second kappa shape index (κ2) is 6.47. The van der Waals surface area contributed by atoms with Crippen LogP contribution in [0.3, 0.4) is 0 Å². The Kier molecular flexibility index (Phi) is 4.73. The van der Waals surface area contributed by atoms with Crippen molar-refractivity contribution >= 4 is 5.91 Å². The van der Waals surface area contributed by atoms with Crippen molar-refractivity contribution in [3.05, 3.63) is 0 Å². The van der Waals surface area contributed by atoms with Crippen molar-refractivity contribution in [2.24, 2.45) is 40.4 Å². The van der Waals surface area contributed by atoms with Gasteiger partial charge in [0.25, 0.3) is 0 Å². The molecule has 4 aliphatic carbocycles. The van der Waals surface area contributed by atoms with Crippen molar-refractivity contribution in [1.29, 1.82) is 0 Å². The van der Waals surface area contributed by atoms with Crippen LogP contribution in [-0.2, 0) is 4.79 Å². The van der Waals surface area contributed by atoms with E-state index in [1.807, 2.05) is 0 Å². The fourth-order valence-corrected chi connectivity index (χ4v) is 8.12. The van der Waals surface area contributed by atoms with Gasteiger partial charge in [0, 0.05) is 11.5 Å². The molecule has 8 atom stereocenters. The lowest BCUT2D eigenvalue weighted by atomic mass is 9.44. The molecule has 0 saturated heterocycles. The van der Waals surface area contributed by atoms with Crippen LogP contribution in [0, 0.1) is 40.4 Å². The molecule has 0 radical (unpaired) electrons. The first kappa shape index (κ1) is 19.7. The summed E-state index contributed by atoms with van der Waals surface area (Å²) < 4.78 is 0. The van der Waals surface area contributed by atoms with Gasteiger partial charge in [0.1, 0.15) is 0 Å². The number of aliphatic hydroxyl groups is 1. The third-order valence-corrected chi connectivity index (χ3v) is 9.45. The minimum Gasteiger partial charge on any atom is -0.393 e. The van der Waals surface area contributed by atoms with Crippen LogP contribution in [0.25, 0.3) is 0 Å². The highest BCUT2D eigenvalue weighted by molar-refractivity contribution is 5.80. The van der Waals surface area contributed by atoms with E-state index in [0.717, 1.165) is 37.0 Å². The Bertz CT molecular complexity index is 596. The zero-order valence-electron chi connectivity index (χ0n) is 18.2. The molecule has 0 spiro atoms. The van der Waals surface area contributed by atoms with Gasteiger partial charge in [-0.2, -0.15) is 0 Å². The van der Waals surface area contributed by atoms with E-state index in [1.54, 1.807) is 0 Å². The van der Waals surface area contributed by atoms with Gasteiger partial charge in [-0.1, -0.05) is 13.8 Å². The molecule has 4 rings (SSSR count). The zero-order chi connectivity index (χ0) is 19.6. The number of carbonyl (C=O) groups excluding carboxylic acids is 1. The second-order valence-electron chi connectivity index (χ2n) is 12.0. The molecular weight excluding hydrogens is 334 g/mol. The average molecular weight is 376 g/mol. The molecule has 3 heteroatoms. The molecule has 27 heavy (non-hydrogen) atoms. The van der Waals surface area contributed by atoms with E-state index in [9.17, 15) is 9.90 Å². The van der Waals surface area contributed by atoms with E-state index in [1.165, 1.54) is 38.5 Å². The summed E-state index contributed by atoms with van der Waals surface area (Å²) in [5.41, 5.74) is 0.473. The third kappa shape index (κ3) is 3.16. The Balaban J connectivity index is 1.55. The van der Waals surface area contributed by atoms with Gasteiger partial charge in [0.2, 0.25) is 5.91 Å². The van der Waals surface area contributed by atoms with Crippen LogP contribution in [0.15, 0.2) is 0 Å². The van der Waals surface area contributed by atoms with Gasteiger partial charge in [-0.15, -0.1) is 0 Å².